The molecule has 1 atom stereocenters. The lowest BCUT2D eigenvalue weighted by Gasteiger charge is -2.26. The average Bonchev–Trinajstić information content (AvgIpc) is 2.37. The maximum atomic E-state index is 14.3. The standard InChI is InChI=1S/C17H21FN2/c1-11-8-9-16(12(2)10-11)20(4)17-14(13(3)19)6-5-7-15(17)18/h5-10,13H,19H2,1-4H3/t13-/m0/s1. The smallest absolute Gasteiger partial charge is 0.147 e. The Morgan fingerprint density at radius 3 is 2.45 bits per heavy atom. The van der Waals surface area contributed by atoms with Crippen molar-refractivity contribution in [3.8, 4) is 0 Å². The highest BCUT2D eigenvalue weighted by Crippen LogP contribution is 2.34. The third-order valence-electron chi connectivity index (χ3n) is 3.56. The van der Waals surface area contributed by atoms with E-state index < -0.39 is 0 Å². The van der Waals surface area contributed by atoms with Crippen LogP contribution in [0.15, 0.2) is 36.4 Å². The van der Waals surface area contributed by atoms with Gasteiger partial charge in [-0.15, -0.1) is 0 Å². The van der Waals surface area contributed by atoms with Crippen LogP contribution in [0.25, 0.3) is 0 Å². The lowest BCUT2D eigenvalue weighted by Crippen LogP contribution is -2.18. The molecule has 0 spiro atoms. The van der Waals surface area contributed by atoms with Crippen molar-refractivity contribution in [2.75, 3.05) is 11.9 Å². The van der Waals surface area contributed by atoms with E-state index in [9.17, 15) is 4.39 Å². The number of nitrogens with zero attached hydrogens (tertiary/aromatic N) is 1. The van der Waals surface area contributed by atoms with E-state index in [-0.39, 0.29) is 11.9 Å². The first-order chi connectivity index (χ1) is 9.41. The van der Waals surface area contributed by atoms with Gasteiger partial charge < -0.3 is 10.6 Å². The number of hydrogen-bond donors (Lipinski definition) is 1. The molecule has 0 aliphatic carbocycles. The topological polar surface area (TPSA) is 29.3 Å². The summed E-state index contributed by atoms with van der Waals surface area (Å²) >= 11 is 0. The second-order valence-electron chi connectivity index (χ2n) is 5.32. The molecule has 2 N–H and O–H groups in total. The Hall–Kier alpha value is -1.87. The maximum Gasteiger partial charge on any atom is 0.147 e. The monoisotopic (exact) mass is 272 g/mol. The van der Waals surface area contributed by atoms with Gasteiger partial charge in [-0.1, -0.05) is 29.8 Å². The van der Waals surface area contributed by atoms with E-state index in [2.05, 4.69) is 6.07 Å². The van der Waals surface area contributed by atoms with E-state index in [0.717, 1.165) is 16.8 Å². The fourth-order valence-corrected chi connectivity index (χ4v) is 2.56. The average molecular weight is 272 g/mol. The minimum absolute atomic E-state index is 0.214. The number of nitrogens with two attached hydrogens (primary N) is 1. The molecule has 0 saturated carbocycles. The quantitative estimate of drug-likeness (QED) is 0.906. The zero-order valence-corrected chi connectivity index (χ0v) is 12.4. The summed E-state index contributed by atoms with van der Waals surface area (Å²) in [6.07, 6.45) is 0. The van der Waals surface area contributed by atoms with Crippen LogP contribution in [0.4, 0.5) is 15.8 Å². The van der Waals surface area contributed by atoms with Gasteiger partial charge in [0.05, 0.1) is 5.69 Å². The molecule has 0 saturated heterocycles. The van der Waals surface area contributed by atoms with Crippen molar-refractivity contribution in [2.24, 2.45) is 5.73 Å². The number of rotatable bonds is 3. The Bertz CT molecular complexity index is 620. The number of anilines is 2. The summed E-state index contributed by atoms with van der Waals surface area (Å²) in [4.78, 5) is 1.88. The van der Waals surface area contributed by atoms with Crippen molar-refractivity contribution in [1.29, 1.82) is 0 Å². The van der Waals surface area contributed by atoms with Crippen molar-refractivity contribution in [3.05, 3.63) is 58.9 Å². The highest BCUT2D eigenvalue weighted by molar-refractivity contribution is 5.69. The number of benzene rings is 2. The third-order valence-corrected chi connectivity index (χ3v) is 3.56. The van der Waals surface area contributed by atoms with Gasteiger partial charge in [0.25, 0.3) is 0 Å². The Labute approximate surface area is 120 Å². The minimum atomic E-state index is -0.248. The lowest BCUT2D eigenvalue weighted by atomic mass is 10.0. The zero-order chi connectivity index (χ0) is 14.9. The third kappa shape index (κ3) is 2.68. The molecule has 0 aliphatic heterocycles. The number of hydrogen-bond acceptors (Lipinski definition) is 2. The van der Waals surface area contributed by atoms with Crippen LogP contribution in [0, 0.1) is 19.7 Å². The molecule has 0 aromatic heterocycles. The van der Waals surface area contributed by atoms with Gasteiger partial charge in [-0.05, 0) is 44.0 Å². The largest absolute Gasteiger partial charge is 0.342 e. The second-order valence-corrected chi connectivity index (χ2v) is 5.32. The maximum absolute atomic E-state index is 14.3. The Balaban J connectivity index is 2.56. The fraction of sp³-hybridized carbons (Fsp3) is 0.294. The normalized spacial score (nSPS) is 12.3. The molecule has 0 fully saturated rings. The molecule has 106 valence electrons. The minimum Gasteiger partial charge on any atom is -0.342 e. The van der Waals surface area contributed by atoms with Crippen molar-refractivity contribution >= 4 is 11.4 Å². The number of halogens is 1. The second kappa shape index (κ2) is 5.63. The highest BCUT2D eigenvalue weighted by Gasteiger charge is 2.17. The summed E-state index contributed by atoms with van der Waals surface area (Å²) in [6, 6.07) is 11.0. The van der Waals surface area contributed by atoms with Gasteiger partial charge in [-0.25, -0.2) is 4.39 Å². The summed E-state index contributed by atoms with van der Waals surface area (Å²) in [7, 11) is 1.88. The highest BCUT2D eigenvalue weighted by atomic mass is 19.1. The summed E-state index contributed by atoms with van der Waals surface area (Å²) in [5.74, 6) is -0.248. The molecule has 0 unspecified atom stereocenters. The first-order valence-corrected chi connectivity index (χ1v) is 6.76. The Kier molecular flexibility index (Phi) is 4.09. The SMILES string of the molecule is Cc1ccc(N(C)c2c(F)cccc2[C@H](C)N)c(C)c1. The predicted molar refractivity (Wildman–Crippen MR) is 83.0 cm³/mol. The van der Waals surface area contributed by atoms with E-state index in [0.29, 0.717) is 5.69 Å². The zero-order valence-electron chi connectivity index (χ0n) is 12.4. The lowest BCUT2D eigenvalue weighted by molar-refractivity contribution is 0.622. The van der Waals surface area contributed by atoms with E-state index in [1.807, 2.05) is 50.9 Å². The van der Waals surface area contributed by atoms with Crippen molar-refractivity contribution in [3.63, 3.8) is 0 Å². The van der Waals surface area contributed by atoms with E-state index in [1.165, 1.54) is 11.6 Å². The van der Waals surface area contributed by atoms with E-state index in [4.69, 9.17) is 5.73 Å². The van der Waals surface area contributed by atoms with Gasteiger partial charge in [-0.3, -0.25) is 0 Å². The van der Waals surface area contributed by atoms with Crippen LogP contribution in [0.3, 0.4) is 0 Å². The van der Waals surface area contributed by atoms with Crippen LogP contribution < -0.4 is 10.6 Å². The van der Waals surface area contributed by atoms with Crippen LogP contribution in [0.1, 0.15) is 29.7 Å². The first kappa shape index (κ1) is 14.5. The van der Waals surface area contributed by atoms with Gasteiger partial charge in [0, 0.05) is 18.8 Å². The van der Waals surface area contributed by atoms with Crippen molar-refractivity contribution < 1.29 is 4.39 Å². The molecule has 2 aromatic carbocycles. The predicted octanol–water partition coefficient (Wildman–Crippen LogP) is 4.23. The summed E-state index contributed by atoms with van der Waals surface area (Å²) in [5, 5.41) is 0. The number of aryl methyl sites for hydroxylation is 2. The summed E-state index contributed by atoms with van der Waals surface area (Å²) in [5.41, 5.74) is 10.6. The molecule has 2 nitrogen and oxygen atoms in total. The van der Waals surface area contributed by atoms with Crippen LogP contribution in [0.5, 0.6) is 0 Å². The Morgan fingerprint density at radius 2 is 1.85 bits per heavy atom. The first-order valence-electron chi connectivity index (χ1n) is 6.76. The van der Waals surface area contributed by atoms with Gasteiger partial charge in [0.2, 0.25) is 0 Å². The fourth-order valence-electron chi connectivity index (χ4n) is 2.56. The van der Waals surface area contributed by atoms with Crippen molar-refractivity contribution in [2.45, 2.75) is 26.8 Å². The van der Waals surface area contributed by atoms with Gasteiger partial charge in [-0.2, -0.15) is 0 Å². The molecule has 0 heterocycles. The molecule has 0 aliphatic rings. The molecule has 0 radical (unpaired) electrons. The van der Waals surface area contributed by atoms with Crippen LogP contribution >= 0.6 is 0 Å². The van der Waals surface area contributed by atoms with E-state index in [1.54, 1.807) is 6.07 Å². The molecular formula is C17H21FN2. The molecular weight excluding hydrogens is 251 g/mol. The van der Waals surface area contributed by atoms with Gasteiger partial charge in [0.1, 0.15) is 5.82 Å². The van der Waals surface area contributed by atoms with Gasteiger partial charge >= 0.3 is 0 Å². The molecule has 2 aromatic rings. The van der Waals surface area contributed by atoms with Gasteiger partial charge in [0.15, 0.2) is 0 Å². The van der Waals surface area contributed by atoms with Crippen molar-refractivity contribution in [1.82, 2.24) is 0 Å². The van der Waals surface area contributed by atoms with Crippen LogP contribution in [-0.2, 0) is 0 Å². The van der Waals surface area contributed by atoms with Crippen LogP contribution in [-0.4, -0.2) is 7.05 Å². The summed E-state index contributed by atoms with van der Waals surface area (Å²) in [6.45, 7) is 5.95. The summed E-state index contributed by atoms with van der Waals surface area (Å²) < 4.78 is 14.3. The Morgan fingerprint density at radius 1 is 1.15 bits per heavy atom. The molecule has 20 heavy (non-hydrogen) atoms. The molecule has 0 amide bonds. The molecule has 2 rings (SSSR count). The molecule has 3 heteroatoms. The molecule has 0 bridgehead atoms. The number of para-hydroxylation sites is 1. The van der Waals surface area contributed by atoms with E-state index >= 15 is 0 Å². The van der Waals surface area contributed by atoms with Crippen LogP contribution in [0.2, 0.25) is 0 Å².